The Kier molecular flexibility index (Phi) is 8.15. The first-order chi connectivity index (χ1) is 14.1. The number of aryl methyl sites for hydroxylation is 1. The van der Waals surface area contributed by atoms with Crippen molar-refractivity contribution in [2.45, 2.75) is 45.7 Å². The van der Waals surface area contributed by atoms with E-state index in [-0.39, 0.29) is 11.9 Å². The molecular formula is C22H29ClN2O4S. The molecule has 30 heavy (non-hydrogen) atoms. The molecule has 164 valence electrons. The lowest BCUT2D eigenvalue weighted by Crippen LogP contribution is -2.50. The molecule has 2 rings (SSSR count). The van der Waals surface area contributed by atoms with Gasteiger partial charge in [-0.25, -0.2) is 8.42 Å². The number of carbonyl (C=O) groups excluding carboxylic acids is 1. The summed E-state index contributed by atoms with van der Waals surface area (Å²) in [4.78, 5) is 13.2. The van der Waals surface area contributed by atoms with Crippen LogP contribution in [0.15, 0.2) is 42.5 Å². The highest BCUT2D eigenvalue weighted by Gasteiger charge is 2.32. The lowest BCUT2D eigenvalue weighted by molar-refractivity contribution is -0.123. The van der Waals surface area contributed by atoms with Crippen LogP contribution in [0.25, 0.3) is 0 Å². The summed E-state index contributed by atoms with van der Waals surface area (Å²) >= 11 is 5.94. The smallest absolute Gasteiger partial charge is 0.244 e. The molecule has 0 heterocycles. The molecule has 6 nitrogen and oxygen atoms in total. The molecule has 1 N–H and O–H groups in total. The number of carbonyl (C=O) groups is 1. The van der Waals surface area contributed by atoms with Crippen molar-refractivity contribution in [2.75, 3.05) is 17.7 Å². The summed E-state index contributed by atoms with van der Waals surface area (Å²) in [6.07, 6.45) is 2.08. The van der Waals surface area contributed by atoms with E-state index < -0.39 is 16.1 Å². The molecule has 0 radical (unpaired) electrons. The van der Waals surface area contributed by atoms with Crippen LogP contribution >= 0.6 is 11.6 Å². The van der Waals surface area contributed by atoms with Crippen molar-refractivity contribution in [3.05, 3.63) is 58.6 Å². The SMILES string of the molecule is CC[C@@H](NC(=O)[C@H](CC)N(c1ccc(Cl)cc1)S(C)(=O)=O)c1ccc(OC)c(C)c1. The first-order valence-electron chi connectivity index (χ1n) is 9.82. The highest BCUT2D eigenvalue weighted by Crippen LogP contribution is 2.27. The van der Waals surface area contributed by atoms with Crippen molar-refractivity contribution in [3.8, 4) is 5.75 Å². The fourth-order valence-electron chi connectivity index (χ4n) is 3.46. The van der Waals surface area contributed by atoms with Crippen LogP contribution in [0.5, 0.6) is 5.75 Å². The molecular weight excluding hydrogens is 424 g/mol. The van der Waals surface area contributed by atoms with Gasteiger partial charge in [0.25, 0.3) is 0 Å². The number of benzene rings is 2. The number of hydrogen-bond donors (Lipinski definition) is 1. The van der Waals surface area contributed by atoms with E-state index in [1.54, 1.807) is 38.3 Å². The fourth-order valence-corrected chi connectivity index (χ4v) is 4.79. The summed E-state index contributed by atoms with van der Waals surface area (Å²) in [6.45, 7) is 5.70. The third kappa shape index (κ3) is 5.67. The van der Waals surface area contributed by atoms with E-state index >= 15 is 0 Å². The van der Waals surface area contributed by atoms with Gasteiger partial charge >= 0.3 is 0 Å². The van der Waals surface area contributed by atoms with Gasteiger partial charge in [0.05, 0.1) is 25.1 Å². The Morgan fingerprint density at radius 1 is 1.13 bits per heavy atom. The molecule has 0 aliphatic heterocycles. The number of nitrogens with one attached hydrogen (secondary N) is 1. The van der Waals surface area contributed by atoms with E-state index in [2.05, 4.69) is 5.32 Å². The Morgan fingerprint density at radius 3 is 2.23 bits per heavy atom. The Morgan fingerprint density at radius 2 is 1.77 bits per heavy atom. The van der Waals surface area contributed by atoms with E-state index in [0.29, 0.717) is 23.6 Å². The summed E-state index contributed by atoms with van der Waals surface area (Å²) < 4.78 is 31.6. The number of anilines is 1. The molecule has 0 saturated carbocycles. The molecule has 1 amide bonds. The summed E-state index contributed by atoms with van der Waals surface area (Å²) in [5.74, 6) is 0.426. The van der Waals surface area contributed by atoms with Crippen molar-refractivity contribution < 1.29 is 17.9 Å². The molecule has 0 bridgehead atoms. The van der Waals surface area contributed by atoms with E-state index in [1.165, 1.54) is 0 Å². The number of nitrogens with zero attached hydrogens (tertiary/aromatic N) is 1. The Bertz CT molecular complexity index is 977. The quantitative estimate of drug-likeness (QED) is 0.609. The molecule has 0 spiro atoms. The van der Waals surface area contributed by atoms with Crippen molar-refractivity contribution in [2.24, 2.45) is 0 Å². The molecule has 2 atom stereocenters. The molecule has 0 aliphatic rings. The van der Waals surface area contributed by atoms with Crippen LogP contribution in [0.2, 0.25) is 5.02 Å². The first kappa shape index (κ1) is 24.0. The topological polar surface area (TPSA) is 75.7 Å². The zero-order chi connectivity index (χ0) is 22.5. The maximum absolute atomic E-state index is 13.2. The average molecular weight is 453 g/mol. The van der Waals surface area contributed by atoms with Gasteiger partial charge in [-0.15, -0.1) is 0 Å². The first-order valence-corrected chi connectivity index (χ1v) is 12.0. The van der Waals surface area contributed by atoms with Crippen molar-refractivity contribution in [1.82, 2.24) is 5.32 Å². The van der Waals surface area contributed by atoms with Crippen molar-refractivity contribution in [1.29, 1.82) is 0 Å². The normalized spacial score (nSPS) is 13.4. The maximum Gasteiger partial charge on any atom is 0.244 e. The predicted octanol–water partition coefficient (Wildman–Crippen LogP) is 4.47. The van der Waals surface area contributed by atoms with Crippen LogP contribution in [0.4, 0.5) is 5.69 Å². The Hall–Kier alpha value is -2.25. The van der Waals surface area contributed by atoms with Gasteiger partial charge in [0.15, 0.2) is 0 Å². The number of amides is 1. The van der Waals surface area contributed by atoms with Gasteiger partial charge in [-0.1, -0.05) is 37.6 Å². The van der Waals surface area contributed by atoms with Crippen molar-refractivity contribution in [3.63, 3.8) is 0 Å². The van der Waals surface area contributed by atoms with Gasteiger partial charge in [0, 0.05) is 5.02 Å². The lowest BCUT2D eigenvalue weighted by atomic mass is 10.0. The number of methoxy groups -OCH3 is 1. The molecule has 0 unspecified atom stereocenters. The zero-order valence-electron chi connectivity index (χ0n) is 18.0. The third-order valence-corrected chi connectivity index (χ3v) is 6.39. The number of ether oxygens (including phenoxy) is 1. The minimum atomic E-state index is -3.70. The van der Waals surface area contributed by atoms with Gasteiger partial charge in [-0.2, -0.15) is 0 Å². The van der Waals surface area contributed by atoms with E-state index in [0.717, 1.165) is 27.4 Å². The van der Waals surface area contributed by atoms with Crippen LogP contribution in [0, 0.1) is 6.92 Å². The number of halogens is 1. The van der Waals surface area contributed by atoms with E-state index in [1.807, 2.05) is 32.0 Å². The Labute approximate surface area is 184 Å². The molecule has 2 aromatic rings. The minimum Gasteiger partial charge on any atom is -0.496 e. The van der Waals surface area contributed by atoms with Gasteiger partial charge in [-0.05, 0) is 61.2 Å². The van der Waals surface area contributed by atoms with Crippen LogP contribution < -0.4 is 14.4 Å². The predicted molar refractivity (Wildman–Crippen MR) is 122 cm³/mol. The second-order valence-electron chi connectivity index (χ2n) is 7.16. The van der Waals surface area contributed by atoms with Crippen LogP contribution in [-0.2, 0) is 14.8 Å². The third-order valence-electron chi connectivity index (χ3n) is 4.96. The molecule has 0 fully saturated rings. The molecule has 8 heteroatoms. The molecule has 0 saturated heterocycles. The highest BCUT2D eigenvalue weighted by molar-refractivity contribution is 7.92. The van der Waals surface area contributed by atoms with Crippen LogP contribution in [0.3, 0.4) is 0 Å². The monoisotopic (exact) mass is 452 g/mol. The standard InChI is InChI=1S/C22H29ClN2O4S/c1-6-19(16-8-13-21(29-4)15(3)14-16)24-22(26)20(7-2)25(30(5,27)28)18-11-9-17(23)10-12-18/h8-14,19-20H,6-7H2,1-5H3,(H,24,26)/t19-,20+/m1/s1. The number of rotatable bonds is 9. The second-order valence-corrected chi connectivity index (χ2v) is 9.45. The molecule has 0 aliphatic carbocycles. The maximum atomic E-state index is 13.2. The number of hydrogen-bond acceptors (Lipinski definition) is 4. The van der Waals surface area contributed by atoms with Gasteiger partial charge in [-0.3, -0.25) is 9.10 Å². The number of sulfonamides is 1. The van der Waals surface area contributed by atoms with Gasteiger partial charge < -0.3 is 10.1 Å². The summed E-state index contributed by atoms with van der Waals surface area (Å²) in [5, 5.41) is 3.51. The lowest BCUT2D eigenvalue weighted by Gasteiger charge is -2.31. The van der Waals surface area contributed by atoms with Gasteiger partial charge in [0.2, 0.25) is 15.9 Å². The fraction of sp³-hybridized carbons (Fsp3) is 0.409. The highest BCUT2D eigenvalue weighted by atomic mass is 35.5. The van der Waals surface area contributed by atoms with E-state index in [4.69, 9.17) is 16.3 Å². The summed E-state index contributed by atoms with van der Waals surface area (Å²) in [6, 6.07) is 11.0. The largest absolute Gasteiger partial charge is 0.496 e. The van der Waals surface area contributed by atoms with Crippen LogP contribution in [-0.4, -0.2) is 33.7 Å². The van der Waals surface area contributed by atoms with Crippen molar-refractivity contribution >= 4 is 33.2 Å². The average Bonchev–Trinajstić information content (AvgIpc) is 2.70. The minimum absolute atomic E-state index is 0.247. The Balaban J connectivity index is 2.34. The summed E-state index contributed by atoms with van der Waals surface area (Å²) in [7, 11) is -2.08. The van der Waals surface area contributed by atoms with Gasteiger partial charge in [0.1, 0.15) is 11.8 Å². The van der Waals surface area contributed by atoms with E-state index in [9.17, 15) is 13.2 Å². The molecule has 2 aromatic carbocycles. The zero-order valence-corrected chi connectivity index (χ0v) is 19.5. The molecule has 0 aromatic heterocycles. The van der Waals surface area contributed by atoms with Crippen LogP contribution in [0.1, 0.15) is 43.9 Å². The second kappa shape index (κ2) is 10.2. The summed E-state index contributed by atoms with van der Waals surface area (Å²) in [5.41, 5.74) is 2.31.